The lowest BCUT2D eigenvalue weighted by Gasteiger charge is -2.36. The third-order valence-electron chi connectivity index (χ3n) is 5.42. The zero-order chi connectivity index (χ0) is 15.0. The molecule has 0 radical (unpaired) electrons. The summed E-state index contributed by atoms with van der Waals surface area (Å²) in [4.78, 5) is 27.6. The van der Waals surface area contributed by atoms with E-state index in [9.17, 15) is 14.7 Å². The van der Waals surface area contributed by atoms with Crippen molar-refractivity contribution in [1.29, 1.82) is 0 Å². The first-order valence-corrected chi connectivity index (χ1v) is 7.93. The van der Waals surface area contributed by atoms with Gasteiger partial charge < -0.3 is 19.6 Å². The van der Waals surface area contributed by atoms with Crippen LogP contribution in [0.2, 0.25) is 0 Å². The third kappa shape index (κ3) is 2.61. The van der Waals surface area contributed by atoms with E-state index in [1.807, 2.05) is 4.90 Å². The number of rotatable bonds is 2. The first-order chi connectivity index (χ1) is 10.1. The van der Waals surface area contributed by atoms with E-state index in [0.29, 0.717) is 18.6 Å². The molecular weight excluding hydrogens is 272 g/mol. The Morgan fingerprint density at radius 2 is 1.95 bits per heavy atom. The van der Waals surface area contributed by atoms with Crippen LogP contribution in [0, 0.1) is 11.8 Å². The van der Waals surface area contributed by atoms with Crippen LogP contribution in [0.25, 0.3) is 0 Å². The molecule has 2 saturated heterocycles. The summed E-state index contributed by atoms with van der Waals surface area (Å²) in [5.74, 6) is -0.844. The molecule has 0 aromatic carbocycles. The number of aliphatic carboxylic acids is 1. The van der Waals surface area contributed by atoms with Crippen molar-refractivity contribution in [3.63, 3.8) is 0 Å². The SMILES string of the molecule is CN(C(=O)N1CCC2CCCCC21)C1COCC1C(=O)O. The normalized spacial score (nSPS) is 35.6. The van der Waals surface area contributed by atoms with Crippen molar-refractivity contribution in [2.75, 3.05) is 26.8 Å². The van der Waals surface area contributed by atoms with Gasteiger partial charge in [-0.15, -0.1) is 0 Å². The Bertz CT molecular complexity index is 428. The van der Waals surface area contributed by atoms with Gasteiger partial charge in [0.25, 0.3) is 0 Å². The van der Waals surface area contributed by atoms with Crippen molar-refractivity contribution in [2.24, 2.45) is 11.8 Å². The van der Waals surface area contributed by atoms with Gasteiger partial charge in [-0.05, 0) is 25.2 Å². The molecule has 3 fully saturated rings. The second-order valence-corrected chi connectivity index (χ2v) is 6.54. The number of ether oxygens (including phenoxy) is 1. The molecule has 1 aliphatic carbocycles. The maximum Gasteiger partial charge on any atom is 0.320 e. The predicted octanol–water partition coefficient (Wildman–Crippen LogP) is 1.40. The van der Waals surface area contributed by atoms with Gasteiger partial charge in [0, 0.05) is 19.6 Å². The molecule has 3 aliphatic rings. The lowest BCUT2D eigenvalue weighted by atomic mass is 9.85. The minimum Gasteiger partial charge on any atom is -0.481 e. The molecule has 3 rings (SSSR count). The number of urea groups is 1. The van der Waals surface area contributed by atoms with E-state index in [1.165, 1.54) is 19.3 Å². The summed E-state index contributed by atoms with van der Waals surface area (Å²) in [5.41, 5.74) is 0. The zero-order valence-corrected chi connectivity index (χ0v) is 12.5. The first-order valence-electron chi connectivity index (χ1n) is 7.93. The Morgan fingerprint density at radius 3 is 2.71 bits per heavy atom. The molecular formula is C15H24N2O4. The minimum atomic E-state index is -0.880. The number of hydrogen-bond donors (Lipinski definition) is 1. The van der Waals surface area contributed by atoms with Crippen LogP contribution in [-0.2, 0) is 9.53 Å². The van der Waals surface area contributed by atoms with Crippen LogP contribution in [0.1, 0.15) is 32.1 Å². The van der Waals surface area contributed by atoms with Crippen molar-refractivity contribution < 1.29 is 19.4 Å². The third-order valence-corrected chi connectivity index (χ3v) is 5.42. The van der Waals surface area contributed by atoms with Crippen molar-refractivity contribution in [3.05, 3.63) is 0 Å². The number of carbonyl (C=O) groups excluding carboxylic acids is 1. The highest BCUT2D eigenvalue weighted by atomic mass is 16.5. The van der Waals surface area contributed by atoms with Crippen molar-refractivity contribution >= 4 is 12.0 Å². The monoisotopic (exact) mass is 296 g/mol. The molecule has 0 bridgehead atoms. The second-order valence-electron chi connectivity index (χ2n) is 6.54. The summed E-state index contributed by atoms with van der Waals surface area (Å²) in [6.07, 6.45) is 5.87. The zero-order valence-electron chi connectivity index (χ0n) is 12.5. The van der Waals surface area contributed by atoms with E-state index in [2.05, 4.69) is 0 Å². The summed E-state index contributed by atoms with van der Waals surface area (Å²) >= 11 is 0. The Kier molecular flexibility index (Phi) is 4.06. The van der Waals surface area contributed by atoms with Crippen LogP contribution in [-0.4, -0.2) is 65.8 Å². The van der Waals surface area contributed by atoms with Gasteiger partial charge in [-0.25, -0.2) is 4.79 Å². The highest BCUT2D eigenvalue weighted by Crippen LogP contribution is 2.37. The Hall–Kier alpha value is -1.30. The summed E-state index contributed by atoms with van der Waals surface area (Å²) in [6, 6.07) is -0.0110. The van der Waals surface area contributed by atoms with E-state index in [-0.39, 0.29) is 18.7 Å². The average molecular weight is 296 g/mol. The summed E-state index contributed by atoms with van der Waals surface area (Å²) in [5, 5.41) is 9.24. The summed E-state index contributed by atoms with van der Waals surface area (Å²) < 4.78 is 5.28. The quantitative estimate of drug-likeness (QED) is 0.836. The van der Waals surface area contributed by atoms with E-state index in [1.54, 1.807) is 11.9 Å². The first kappa shape index (κ1) is 14.6. The van der Waals surface area contributed by atoms with E-state index in [4.69, 9.17) is 4.74 Å². The topological polar surface area (TPSA) is 70.1 Å². The Labute approximate surface area is 125 Å². The fourth-order valence-electron chi connectivity index (χ4n) is 4.15. The van der Waals surface area contributed by atoms with Gasteiger partial charge in [0.05, 0.1) is 19.3 Å². The van der Waals surface area contributed by atoms with Crippen LogP contribution in [0.4, 0.5) is 4.79 Å². The van der Waals surface area contributed by atoms with Crippen molar-refractivity contribution in [3.8, 4) is 0 Å². The van der Waals surface area contributed by atoms with E-state index < -0.39 is 11.9 Å². The van der Waals surface area contributed by atoms with E-state index in [0.717, 1.165) is 19.4 Å². The number of carbonyl (C=O) groups is 2. The molecule has 1 N–H and O–H groups in total. The molecule has 1 saturated carbocycles. The van der Waals surface area contributed by atoms with Crippen molar-refractivity contribution in [2.45, 2.75) is 44.2 Å². The maximum absolute atomic E-state index is 12.8. The molecule has 0 spiro atoms. The highest BCUT2D eigenvalue weighted by Gasteiger charge is 2.43. The second kappa shape index (κ2) is 5.83. The number of carboxylic acids is 1. The number of likely N-dealkylation sites (tertiary alicyclic amines) is 1. The standard InChI is InChI=1S/C15H24N2O4/c1-16(13-9-21-8-11(13)14(18)19)15(20)17-7-6-10-4-2-3-5-12(10)17/h10-13H,2-9H2,1H3,(H,18,19). The number of amides is 2. The van der Waals surface area contributed by atoms with Gasteiger partial charge in [-0.3, -0.25) is 4.79 Å². The Balaban J connectivity index is 1.68. The van der Waals surface area contributed by atoms with Crippen LogP contribution < -0.4 is 0 Å². The molecule has 6 heteroatoms. The predicted molar refractivity (Wildman–Crippen MR) is 76.0 cm³/mol. The molecule has 4 atom stereocenters. The highest BCUT2D eigenvalue weighted by molar-refractivity contribution is 5.77. The lowest BCUT2D eigenvalue weighted by Crippen LogP contribution is -2.52. The van der Waals surface area contributed by atoms with Gasteiger partial charge in [0.2, 0.25) is 0 Å². The summed E-state index contributed by atoms with van der Waals surface area (Å²) in [7, 11) is 1.72. The van der Waals surface area contributed by atoms with Gasteiger partial charge >= 0.3 is 12.0 Å². The van der Waals surface area contributed by atoms with E-state index >= 15 is 0 Å². The van der Waals surface area contributed by atoms with Gasteiger partial charge in [-0.1, -0.05) is 12.8 Å². The van der Waals surface area contributed by atoms with Crippen LogP contribution in [0.5, 0.6) is 0 Å². The molecule has 0 aromatic rings. The molecule has 2 heterocycles. The minimum absolute atomic E-state index is 0.0221. The van der Waals surface area contributed by atoms with Gasteiger partial charge in [0.1, 0.15) is 5.92 Å². The number of hydrogen-bond acceptors (Lipinski definition) is 3. The van der Waals surface area contributed by atoms with Crippen molar-refractivity contribution in [1.82, 2.24) is 9.80 Å². The number of likely N-dealkylation sites (N-methyl/N-ethyl adjacent to an activating group) is 1. The summed E-state index contributed by atoms with van der Waals surface area (Å²) in [6.45, 7) is 1.33. The fourth-order valence-corrected chi connectivity index (χ4v) is 4.15. The number of fused-ring (bicyclic) bond motifs is 1. The fraction of sp³-hybridized carbons (Fsp3) is 0.867. The molecule has 2 amide bonds. The largest absolute Gasteiger partial charge is 0.481 e. The van der Waals surface area contributed by atoms with Crippen LogP contribution >= 0.6 is 0 Å². The van der Waals surface area contributed by atoms with Crippen LogP contribution in [0.15, 0.2) is 0 Å². The Morgan fingerprint density at radius 1 is 1.19 bits per heavy atom. The molecule has 6 nitrogen and oxygen atoms in total. The molecule has 2 aliphatic heterocycles. The van der Waals surface area contributed by atoms with Crippen LogP contribution in [0.3, 0.4) is 0 Å². The van der Waals surface area contributed by atoms with Gasteiger partial charge in [0.15, 0.2) is 0 Å². The smallest absolute Gasteiger partial charge is 0.320 e. The molecule has 21 heavy (non-hydrogen) atoms. The molecule has 118 valence electrons. The number of carboxylic acid groups (broad SMARTS) is 1. The average Bonchev–Trinajstić information content (AvgIpc) is 3.12. The van der Waals surface area contributed by atoms with Gasteiger partial charge in [-0.2, -0.15) is 0 Å². The lowest BCUT2D eigenvalue weighted by molar-refractivity contribution is -0.142. The molecule has 4 unspecified atom stereocenters. The number of nitrogens with zero attached hydrogens (tertiary/aromatic N) is 2. The molecule has 0 aromatic heterocycles. The maximum atomic E-state index is 12.8.